The van der Waals surface area contributed by atoms with E-state index in [1.807, 2.05) is 23.1 Å². The van der Waals surface area contributed by atoms with Gasteiger partial charge in [0.1, 0.15) is 0 Å². The molecule has 1 saturated heterocycles. The van der Waals surface area contributed by atoms with Crippen molar-refractivity contribution in [2.45, 2.75) is 26.1 Å². The van der Waals surface area contributed by atoms with Gasteiger partial charge in [0.25, 0.3) is 5.91 Å². The number of nitrogens with zero attached hydrogens (tertiary/aromatic N) is 2. The Labute approximate surface area is 222 Å². The van der Waals surface area contributed by atoms with Crippen molar-refractivity contribution in [2.24, 2.45) is 0 Å². The quantitative estimate of drug-likeness (QED) is 0.481. The van der Waals surface area contributed by atoms with Gasteiger partial charge in [0.2, 0.25) is 11.8 Å². The Hall–Kier alpha value is -3.64. The third-order valence-corrected chi connectivity index (χ3v) is 5.54. The molecule has 0 saturated carbocycles. The number of alkyl halides is 3. The summed E-state index contributed by atoms with van der Waals surface area (Å²) in [6, 6.07) is 14.1. The molecule has 0 atom stereocenters. The zero-order valence-electron chi connectivity index (χ0n) is 20.6. The van der Waals surface area contributed by atoms with Crippen LogP contribution in [0.3, 0.4) is 0 Å². The average molecular weight is 557 g/mol. The van der Waals surface area contributed by atoms with Crippen LogP contribution >= 0.6 is 11.6 Å². The van der Waals surface area contributed by atoms with E-state index in [2.05, 4.69) is 10.6 Å². The molecular weight excluding hydrogens is 529 g/mol. The number of carboxylic acid groups (broad SMARTS) is 1. The minimum atomic E-state index is -5.08. The number of piperazine rings is 1. The van der Waals surface area contributed by atoms with Gasteiger partial charge in [-0.1, -0.05) is 23.7 Å². The maximum atomic E-state index is 13.2. The van der Waals surface area contributed by atoms with Gasteiger partial charge in [0.05, 0.1) is 0 Å². The number of aliphatic carboxylic acids is 1. The predicted octanol–water partition coefficient (Wildman–Crippen LogP) is 3.40. The molecule has 2 aromatic carbocycles. The standard InChI is InChI=1S/C23H27ClN4O3.C2HF3O2/c1-17(29)26-21-7-5-19(6-8-21)23(31)28(16-18-3-2-4-20(24)15-18)12-9-22(30)27-13-10-25-11-14-27;3-2(4,5)1(6)7/h2-8,15,25H,9-14,16H2,1H3,(H,26,29);(H,6,7). The van der Waals surface area contributed by atoms with Crippen LogP contribution in [0.15, 0.2) is 48.5 Å². The third kappa shape index (κ3) is 10.4. The van der Waals surface area contributed by atoms with Crippen LogP contribution in [0.4, 0.5) is 18.9 Å². The van der Waals surface area contributed by atoms with Crippen molar-refractivity contribution in [2.75, 3.05) is 38.0 Å². The Morgan fingerprint density at radius 2 is 1.68 bits per heavy atom. The number of rotatable bonds is 7. The van der Waals surface area contributed by atoms with Crippen molar-refractivity contribution in [1.82, 2.24) is 15.1 Å². The van der Waals surface area contributed by atoms with Crippen LogP contribution in [-0.2, 0) is 20.9 Å². The zero-order valence-corrected chi connectivity index (χ0v) is 21.3. The summed E-state index contributed by atoms with van der Waals surface area (Å²) in [6.45, 7) is 5.04. The molecular formula is C25H28ClF3N4O5. The minimum absolute atomic E-state index is 0.0476. The Bertz CT molecular complexity index is 1120. The molecule has 3 amide bonds. The molecule has 38 heavy (non-hydrogen) atoms. The van der Waals surface area contributed by atoms with E-state index in [9.17, 15) is 27.6 Å². The van der Waals surface area contributed by atoms with Gasteiger partial charge in [0.15, 0.2) is 0 Å². The molecule has 3 rings (SSSR count). The number of benzene rings is 2. The van der Waals surface area contributed by atoms with E-state index in [1.54, 1.807) is 35.2 Å². The summed E-state index contributed by atoms with van der Waals surface area (Å²) in [6.07, 6.45) is -4.82. The maximum absolute atomic E-state index is 13.2. The van der Waals surface area contributed by atoms with Crippen LogP contribution in [0.25, 0.3) is 0 Å². The predicted molar refractivity (Wildman–Crippen MR) is 135 cm³/mol. The van der Waals surface area contributed by atoms with Gasteiger partial charge in [-0.25, -0.2) is 4.79 Å². The molecule has 0 aromatic heterocycles. The van der Waals surface area contributed by atoms with E-state index in [1.165, 1.54) is 6.92 Å². The molecule has 13 heteroatoms. The van der Waals surface area contributed by atoms with Gasteiger partial charge >= 0.3 is 12.1 Å². The molecule has 3 N–H and O–H groups in total. The molecule has 9 nitrogen and oxygen atoms in total. The topological polar surface area (TPSA) is 119 Å². The largest absolute Gasteiger partial charge is 0.490 e. The number of hydrogen-bond acceptors (Lipinski definition) is 5. The van der Waals surface area contributed by atoms with Crippen molar-refractivity contribution >= 4 is 41.0 Å². The highest BCUT2D eigenvalue weighted by Crippen LogP contribution is 2.17. The van der Waals surface area contributed by atoms with Gasteiger partial charge in [0, 0.05) is 68.9 Å². The van der Waals surface area contributed by atoms with Gasteiger partial charge in [-0.15, -0.1) is 0 Å². The first-order chi connectivity index (χ1) is 17.9. The molecule has 1 heterocycles. The number of nitrogens with one attached hydrogen (secondary N) is 2. The maximum Gasteiger partial charge on any atom is 0.490 e. The fourth-order valence-corrected chi connectivity index (χ4v) is 3.71. The van der Waals surface area contributed by atoms with Crippen LogP contribution in [-0.4, -0.2) is 77.5 Å². The molecule has 0 aliphatic carbocycles. The Balaban J connectivity index is 0.000000638. The molecule has 206 valence electrons. The van der Waals surface area contributed by atoms with Crippen molar-refractivity contribution in [3.8, 4) is 0 Å². The average Bonchev–Trinajstić information content (AvgIpc) is 2.86. The first-order valence-electron chi connectivity index (χ1n) is 11.6. The Morgan fingerprint density at radius 1 is 1.08 bits per heavy atom. The second-order valence-corrected chi connectivity index (χ2v) is 8.74. The highest BCUT2D eigenvalue weighted by atomic mass is 35.5. The summed E-state index contributed by atoms with van der Waals surface area (Å²) >= 11 is 6.11. The summed E-state index contributed by atoms with van der Waals surface area (Å²) in [5.74, 6) is -3.06. The lowest BCUT2D eigenvalue weighted by Crippen LogP contribution is -2.47. The van der Waals surface area contributed by atoms with Crippen LogP contribution in [0, 0.1) is 0 Å². The monoisotopic (exact) mass is 556 g/mol. The van der Waals surface area contributed by atoms with Crippen molar-refractivity contribution in [3.63, 3.8) is 0 Å². The second-order valence-electron chi connectivity index (χ2n) is 8.30. The van der Waals surface area contributed by atoms with Crippen LogP contribution in [0.1, 0.15) is 29.3 Å². The number of carboxylic acids is 1. The lowest BCUT2D eigenvalue weighted by molar-refractivity contribution is -0.192. The third-order valence-electron chi connectivity index (χ3n) is 5.31. The van der Waals surface area contributed by atoms with E-state index < -0.39 is 12.1 Å². The Kier molecular flexibility index (Phi) is 11.5. The summed E-state index contributed by atoms with van der Waals surface area (Å²) in [5.41, 5.74) is 2.01. The summed E-state index contributed by atoms with van der Waals surface area (Å²) in [4.78, 5) is 49.5. The lowest BCUT2D eigenvalue weighted by Gasteiger charge is -2.29. The van der Waals surface area contributed by atoms with Crippen LogP contribution in [0.5, 0.6) is 0 Å². The molecule has 1 aliphatic heterocycles. The van der Waals surface area contributed by atoms with E-state index >= 15 is 0 Å². The highest BCUT2D eigenvalue weighted by molar-refractivity contribution is 6.30. The number of amides is 3. The fourth-order valence-electron chi connectivity index (χ4n) is 3.49. The fraction of sp³-hybridized carbons (Fsp3) is 0.360. The number of anilines is 1. The van der Waals surface area contributed by atoms with Gasteiger partial charge in [-0.05, 0) is 42.0 Å². The van der Waals surface area contributed by atoms with Gasteiger partial charge in [-0.2, -0.15) is 13.2 Å². The lowest BCUT2D eigenvalue weighted by atomic mass is 10.1. The number of hydrogen-bond donors (Lipinski definition) is 3. The van der Waals surface area contributed by atoms with Crippen molar-refractivity contribution in [1.29, 1.82) is 0 Å². The molecule has 1 aliphatic rings. The number of carbonyl (C=O) groups is 4. The summed E-state index contributed by atoms with van der Waals surface area (Å²) in [5, 5.41) is 13.6. The first kappa shape index (κ1) is 30.6. The number of halogens is 4. The van der Waals surface area contributed by atoms with E-state index in [4.69, 9.17) is 21.5 Å². The minimum Gasteiger partial charge on any atom is -0.475 e. The first-order valence-corrected chi connectivity index (χ1v) is 11.9. The van der Waals surface area contributed by atoms with E-state index in [0.29, 0.717) is 42.5 Å². The summed E-state index contributed by atoms with van der Waals surface area (Å²) < 4.78 is 31.7. The SMILES string of the molecule is CC(=O)Nc1ccc(C(=O)N(CCC(=O)N2CCNCC2)Cc2cccc(Cl)c2)cc1.O=C(O)C(F)(F)F. The molecule has 0 spiro atoms. The van der Waals surface area contributed by atoms with E-state index in [0.717, 1.165) is 18.7 Å². The van der Waals surface area contributed by atoms with E-state index in [-0.39, 0.29) is 24.1 Å². The smallest absolute Gasteiger partial charge is 0.475 e. The van der Waals surface area contributed by atoms with Crippen molar-refractivity contribution in [3.05, 3.63) is 64.7 Å². The molecule has 0 bridgehead atoms. The molecule has 0 radical (unpaired) electrons. The van der Waals surface area contributed by atoms with Crippen LogP contribution < -0.4 is 10.6 Å². The van der Waals surface area contributed by atoms with Gasteiger partial charge in [-0.3, -0.25) is 14.4 Å². The molecule has 0 unspecified atom stereocenters. The summed E-state index contributed by atoms with van der Waals surface area (Å²) in [7, 11) is 0. The molecule has 1 fully saturated rings. The van der Waals surface area contributed by atoms with Gasteiger partial charge < -0.3 is 25.5 Å². The van der Waals surface area contributed by atoms with Crippen LogP contribution in [0.2, 0.25) is 5.02 Å². The molecule has 2 aromatic rings. The second kappa shape index (κ2) is 14.3. The number of carbonyl (C=O) groups excluding carboxylic acids is 3. The highest BCUT2D eigenvalue weighted by Gasteiger charge is 2.38. The Morgan fingerprint density at radius 3 is 2.21 bits per heavy atom. The van der Waals surface area contributed by atoms with Crippen molar-refractivity contribution < 1.29 is 37.5 Å². The normalized spacial score (nSPS) is 13.1. The zero-order chi connectivity index (χ0) is 28.3.